The van der Waals surface area contributed by atoms with Crippen molar-refractivity contribution in [3.8, 4) is 11.5 Å². The molecule has 1 aliphatic rings. The Hall–Kier alpha value is -2.00. The van der Waals surface area contributed by atoms with E-state index in [1.54, 1.807) is 47.4 Å². The molecule has 2 aromatic carbocycles. The summed E-state index contributed by atoms with van der Waals surface area (Å²) >= 11 is 14.8. The topological polar surface area (TPSA) is 75.5 Å². The zero-order valence-electron chi connectivity index (χ0n) is 14.2. The van der Waals surface area contributed by atoms with Crippen LogP contribution >= 0.6 is 46.3 Å². The molecule has 1 N–H and O–H groups in total. The van der Waals surface area contributed by atoms with Gasteiger partial charge in [0.25, 0.3) is 0 Å². The zero-order valence-corrected chi connectivity index (χ0v) is 17.4. The zero-order chi connectivity index (χ0) is 19.7. The van der Waals surface area contributed by atoms with Gasteiger partial charge >= 0.3 is 0 Å². The largest absolute Gasteiger partial charge is 0.508 e. The number of benzene rings is 2. The average molecular weight is 454 g/mol. The molecule has 1 amide bonds. The van der Waals surface area contributed by atoms with E-state index in [9.17, 15) is 9.90 Å². The molecule has 144 valence electrons. The first-order valence-electron chi connectivity index (χ1n) is 8.14. The Bertz CT molecular complexity index is 1010. The Balaban J connectivity index is 1.50. The van der Waals surface area contributed by atoms with Gasteiger partial charge in [-0.3, -0.25) is 9.69 Å². The molecule has 0 aliphatic carbocycles. The molecular formula is C18H13Cl2N3O3S2. The lowest BCUT2D eigenvalue weighted by Gasteiger charge is -2.20. The SMILES string of the molecule is O=C1CSC(c2ccc(O)cc2)N1c1nnc(COc2ccc(Cl)cc2Cl)s1. The van der Waals surface area contributed by atoms with Crippen LogP contribution in [0.3, 0.4) is 0 Å². The lowest BCUT2D eigenvalue weighted by atomic mass is 10.2. The highest BCUT2D eigenvalue weighted by Crippen LogP contribution is 2.43. The van der Waals surface area contributed by atoms with Crippen LogP contribution in [0.2, 0.25) is 10.0 Å². The fourth-order valence-corrected chi connectivity index (χ4v) is 5.13. The Morgan fingerprint density at radius 1 is 1.18 bits per heavy atom. The highest BCUT2D eigenvalue weighted by molar-refractivity contribution is 8.00. The Kier molecular flexibility index (Phi) is 5.63. The highest BCUT2D eigenvalue weighted by atomic mass is 35.5. The maximum Gasteiger partial charge on any atom is 0.240 e. The van der Waals surface area contributed by atoms with Gasteiger partial charge in [0.2, 0.25) is 11.0 Å². The number of carbonyl (C=O) groups excluding carboxylic acids is 1. The number of nitrogens with zero attached hydrogens (tertiary/aromatic N) is 3. The standard InChI is InChI=1S/C18H13Cl2N3O3S2/c19-11-3-6-14(13(20)7-11)26-8-15-21-22-18(28-15)23-16(25)9-27-17(23)10-1-4-12(24)5-2-10/h1-7,17,24H,8-9H2. The van der Waals surface area contributed by atoms with Crippen LogP contribution < -0.4 is 9.64 Å². The van der Waals surface area contributed by atoms with Gasteiger partial charge in [-0.15, -0.1) is 22.0 Å². The second-order valence-corrected chi connectivity index (χ2v) is 8.81. The van der Waals surface area contributed by atoms with Crippen LogP contribution in [0.1, 0.15) is 15.9 Å². The fraction of sp³-hybridized carbons (Fsp3) is 0.167. The second kappa shape index (κ2) is 8.16. The molecule has 1 saturated heterocycles. The maximum atomic E-state index is 12.4. The fourth-order valence-electron chi connectivity index (χ4n) is 2.65. The first-order valence-corrected chi connectivity index (χ1v) is 10.8. The molecule has 2 heterocycles. The van der Waals surface area contributed by atoms with Crippen molar-refractivity contribution in [1.82, 2.24) is 10.2 Å². The average Bonchev–Trinajstić information content (AvgIpc) is 3.28. The van der Waals surface area contributed by atoms with Gasteiger partial charge in [-0.05, 0) is 35.9 Å². The van der Waals surface area contributed by atoms with Crippen molar-refractivity contribution < 1.29 is 14.6 Å². The van der Waals surface area contributed by atoms with Gasteiger partial charge in [0.15, 0.2) is 5.01 Å². The third-order valence-electron chi connectivity index (χ3n) is 3.95. The highest BCUT2D eigenvalue weighted by Gasteiger charge is 2.36. The van der Waals surface area contributed by atoms with Gasteiger partial charge in [-0.1, -0.05) is 46.7 Å². The van der Waals surface area contributed by atoms with E-state index >= 15 is 0 Å². The predicted octanol–water partition coefficient (Wildman–Crippen LogP) is 4.91. The number of phenolic OH excluding ortho intramolecular Hbond substituents is 1. The Morgan fingerprint density at radius 2 is 1.96 bits per heavy atom. The summed E-state index contributed by atoms with van der Waals surface area (Å²) in [5.41, 5.74) is 0.912. The number of aromatic nitrogens is 2. The third-order valence-corrected chi connectivity index (χ3v) is 6.59. The van der Waals surface area contributed by atoms with E-state index in [4.69, 9.17) is 27.9 Å². The van der Waals surface area contributed by atoms with Crippen molar-refractivity contribution >= 4 is 57.3 Å². The Morgan fingerprint density at radius 3 is 2.71 bits per heavy atom. The molecule has 1 fully saturated rings. The Labute approximate surface area is 179 Å². The summed E-state index contributed by atoms with van der Waals surface area (Å²) in [4.78, 5) is 14.1. The monoisotopic (exact) mass is 453 g/mol. The van der Waals surface area contributed by atoms with Crippen LogP contribution in [-0.2, 0) is 11.4 Å². The number of aromatic hydroxyl groups is 1. The number of halogens is 2. The first-order chi connectivity index (χ1) is 13.5. The quantitative estimate of drug-likeness (QED) is 0.591. The summed E-state index contributed by atoms with van der Waals surface area (Å²) in [5, 5.41) is 19.6. The van der Waals surface area contributed by atoms with Gasteiger partial charge in [0.05, 0.1) is 10.8 Å². The van der Waals surface area contributed by atoms with E-state index in [1.807, 2.05) is 0 Å². The van der Waals surface area contributed by atoms with Gasteiger partial charge in [-0.2, -0.15) is 0 Å². The van der Waals surface area contributed by atoms with Crippen molar-refractivity contribution in [2.45, 2.75) is 12.0 Å². The van der Waals surface area contributed by atoms with Crippen LogP contribution in [0.15, 0.2) is 42.5 Å². The van der Waals surface area contributed by atoms with Crippen LogP contribution in [0.5, 0.6) is 11.5 Å². The molecule has 0 saturated carbocycles. The molecule has 1 aliphatic heterocycles. The minimum atomic E-state index is -0.208. The molecule has 1 atom stereocenters. The van der Waals surface area contributed by atoms with E-state index in [1.165, 1.54) is 23.1 Å². The molecule has 28 heavy (non-hydrogen) atoms. The van der Waals surface area contributed by atoms with Crippen LogP contribution in [0.4, 0.5) is 5.13 Å². The summed E-state index contributed by atoms with van der Waals surface area (Å²) in [6, 6.07) is 11.8. The molecule has 0 radical (unpaired) electrons. The summed E-state index contributed by atoms with van der Waals surface area (Å²) in [6.07, 6.45) is 0. The van der Waals surface area contributed by atoms with Crippen molar-refractivity contribution in [2.75, 3.05) is 10.7 Å². The molecule has 3 aromatic rings. The summed E-state index contributed by atoms with van der Waals surface area (Å²) in [5.74, 6) is 1.00. The first kappa shape index (κ1) is 19.3. The number of phenols is 1. The van der Waals surface area contributed by atoms with Crippen molar-refractivity contribution in [1.29, 1.82) is 0 Å². The molecule has 1 aromatic heterocycles. The molecule has 10 heteroatoms. The van der Waals surface area contributed by atoms with Crippen molar-refractivity contribution in [3.05, 3.63) is 63.1 Å². The minimum Gasteiger partial charge on any atom is -0.508 e. The van der Waals surface area contributed by atoms with Crippen molar-refractivity contribution in [2.24, 2.45) is 0 Å². The number of ether oxygens (including phenoxy) is 1. The number of amides is 1. The van der Waals surface area contributed by atoms with Crippen molar-refractivity contribution in [3.63, 3.8) is 0 Å². The molecular weight excluding hydrogens is 441 g/mol. The van der Waals surface area contributed by atoms with Gasteiger partial charge in [0.1, 0.15) is 23.5 Å². The van der Waals surface area contributed by atoms with Gasteiger partial charge < -0.3 is 9.84 Å². The number of hydrogen-bond acceptors (Lipinski definition) is 7. The van der Waals surface area contributed by atoms with E-state index in [-0.39, 0.29) is 23.6 Å². The summed E-state index contributed by atoms with van der Waals surface area (Å²) in [6.45, 7) is 0.179. The van der Waals surface area contributed by atoms with E-state index in [2.05, 4.69) is 10.2 Å². The predicted molar refractivity (Wildman–Crippen MR) is 111 cm³/mol. The molecule has 1 unspecified atom stereocenters. The van der Waals surface area contributed by atoms with Gasteiger partial charge in [-0.25, -0.2) is 0 Å². The van der Waals surface area contributed by atoms with E-state index in [0.717, 1.165) is 5.56 Å². The number of carbonyl (C=O) groups is 1. The van der Waals surface area contributed by atoms with Gasteiger partial charge in [0, 0.05) is 5.02 Å². The van der Waals surface area contributed by atoms with E-state index < -0.39 is 0 Å². The van der Waals surface area contributed by atoms with Crippen LogP contribution in [-0.4, -0.2) is 27.0 Å². The second-order valence-electron chi connectivity index (χ2n) is 5.86. The smallest absolute Gasteiger partial charge is 0.240 e. The molecule has 6 nitrogen and oxygen atoms in total. The third kappa shape index (κ3) is 4.05. The molecule has 0 spiro atoms. The number of hydrogen-bond donors (Lipinski definition) is 1. The minimum absolute atomic E-state index is 0.0348. The lowest BCUT2D eigenvalue weighted by Crippen LogP contribution is -2.27. The maximum absolute atomic E-state index is 12.4. The molecule has 0 bridgehead atoms. The number of anilines is 1. The van der Waals surface area contributed by atoms with Crippen LogP contribution in [0, 0.1) is 0 Å². The van der Waals surface area contributed by atoms with Crippen LogP contribution in [0.25, 0.3) is 0 Å². The number of rotatable bonds is 5. The summed E-state index contributed by atoms with van der Waals surface area (Å²) in [7, 11) is 0. The number of thioether (sulfide) groups is 1. The normalized spacial score (nSPS) is 16.6. The molecule has 4 rings (SSSR count). The summed E-state index contributed by atoms with van der Waals surface area (Å²) < 4.78 is 5.69. The lowest BCUT2D eigenvalue weighted by molar-refractivity contribution is -0.115. The van der Waals surface area contributed by atoms with E-state index in [0.29, 0.717) is 31.7 Å².